The third-order valence-electron chi connectivity index (χ3n) is 4.97. The Morgan fingerprint density at radius 1 is 1.17 bits per heavy atom. The summed E-state index contributed by atoms with van der Waals surface area (Å²) in [6.45, 7) is 1.58. The van der Waals surface area contributed by atoms with E-state index in [0.717, 1.165) is 38.6 Å². The van der Waals surface area contributed by atoms with E-state index in [-0.39, 0.29) is 42.5 Å². The highest BCUT2D eigenvalue weighted by molar-refractivity contribution is 6.05. The predicted octanol–water partition coefficient (Wildman–Crippen LogP) is 0.955. The molecule has 0 bridgehead atoms. The van der Waals surface area contributed by atoms with Crippen molar-refractivity contribution < 1.29 is 14.4 Å². The molecule has 1 aliphatic heterocycles. The van der Waals surface area contributed by atoms with E-state index in [1.807, 2.05) is 10.8 Å². The van der Waals surface area contributed by atoms with Crippen LogP contribution >= 0.6 is 0 Å². The number of imide groups is 1. The van der Waals surface area contributed by atoms with Gasteiger partial charge in [0.25, 0.3) is 0 Å². The first-order valence-electron chi connectivity index (χ1n) is 8.74. The maximum absolute atomic E-state index is 12.3. The standard InChI is InChI=1S/C17H24N4O3/c22-15(19-7-3-9-20-11-8-18-12-20)6-10-21-16(23)13-4-1-2-5-14(13)17(21)24/h8,11-14H,1-7,9-10H2,(H,19,22). The zero-order valence-electron chi connectivity index (χ0n) is 13.8. The molecule has 7 heteroatoms. The van der Waals surface area contributed by atoms with E-state index < -0.39 is 0 Å². The van der Waals surface area contributed by atoms with Crippen LogP contribution in [0.2, 0.25) is 0 Å². The molecule has 1 saturated carbocycles. The highest BCUT2D eigenvalue weighted by atomic mass is 16.2. The van der Waals surface area contributed by atoms with Crippen LogP contribution in [-0.2, 0) is 20.9 Å². The van der Waals surface area contributed by atoms with Gasteiger partial charge in [-0.1, -0.05) is 12.8 Å². The van der Waals surface area contributed by atoms with Gasteiger partial charge < -0.3 is 9.88 Å². The summed E-state index contributed by atoms with van der Waals surface area (Å²) in [5.41, 5.74) is 0. The number of fused-ring (bicyclic) bond motifs is 1. The second-order valence-corrected chi connectivity index (χ2v) is 6.58. The molecular formula is C17H24N4O3. The van der Waals surface area contributed by atoms with E-state index in [1.165, 1.54) is 4.90 Å². The van der Waals surface area contributed by atoms with Gasteiger partial charge in [0, 0.05) is 38.4 Å². The molecule has 2 aliphatic rings. The number of imidazole rings is 1. The minimum atomic E-state index is -0.135. The fraction of sp³-hybridized carbons (Fsp3) is 0.647. The molecule has 2 heterocycles. The smallest absolute Gasteiger partial charge is 0.233 e. The third-order valence-corrected chi connectivity index (χ3v) is 4.97. The lowest BCUT2D eigenvalue weighted by atomic mass is 9.81. The molecule has 130 valence electrons. The Hall–Kier alpha value is -2.18. The number of aromatic nitrogens is 2. The number of aryl methyl sites for hydroxylation is 1. The quantitative estimate of drug-likeness (QED) is 0.595. The molecule has 3 rings (SSSR count). The lowest BCUT2D eigenvalue weighted by Gasteiger charge is -2.19. The van der Waals surface area contributed by atoms with Crippen LogP contribution in [0, 0.1) is 11.8 Å². The van der Waals surface area contributed by atoms with E-state index in [0.29, 0.717) is 6.54 Å². The first kappa shape index (κ1) is 16.7. The summed E-state index contributed by atoms with van der Waals surface area (Å²) < 4.78 is 1.95. The van der Waals surface area contributed by atoms with Crippen molar-refractivity contribution >= 4 is 17.7 Å². The number of likely N-dealkylation sites (tertiary alicyclic amines) is 1. The zero-order chi connectivity index (χ0) is 16.9. The summed E-state index contributed by atoms with van der Waals surface area (Å²) >= 11 is 0. The summed E-state index contributed by atoms with van der Waals surface area (Å²) in [5, 5.41) is 2.84. The Kier molecular flexibility index (Phi) is 5.27. The summed E-state index contributed by atoms with van der Waals surface area (Å²) in [7, 11) is 0. The lowest BCUT2D eigenvalue weighted by molar-refractivity contribution is -0.140. The Bertz CT molecular complexity index is 575. The van der Waals surface area contributed by atoms with Crippen LogP contribution in [0.25, 0.3) is 0 Å². The molecular weight excluding hydrogens is 308 g/mol. The van der Waals surface area contributed by atoms with Gasteiger partial charge in [-0.2, -0.15) is 0 Å². The number of hydrogen-bond donors (Lipinski definition) is 1. The van der Waals surface area contributed by atoms with Gasteiger partial charge in [0.1, 0.15) is 0 Å². The summed E-state index contributed by atoms with van der Waals surface area (Å²) in [6.07, 6.45) is 10.0. The second-order valence-electron chi connectivity index (χ2n) is 6.58. The molecule has 0 radical (unpaired) electrons. The molecule has 2 atom stereocenters. The average molecular weight is 332 g/mol. The van der Waals surface area contributed by atoms with Gasteiger partial charge >= 0.3 is 0 Å². The minimum Gasteiger partial charge on any atom is -0.356 e. The monoisotopic (exact) mass is 332 g/mol. The van der Waals surface area contributed by atoms with Crippen molar-refractivity contribution in [3.05, 3.63) is 18.7 Å². The Morgan fingerprint density at radius 2 is 1.88 bits per heavy atom. The van der Waals surface area contributed by atoms with Crippen molar-refractivity contribution in [2.45, 2.75) is 45.1 Å². The van der Waals surface area contributed by atoms with Crippen LogP contribution in [-0.4, -0.2) is 45.3 Å². The van der Waals surface area contributed by atoms with Crippen molar-refractivity contribution in [1.82, 2.24) is 19.8 Å². The fourth-order valence-corrected chi connectivity index (χ4v) is 3.66. The summed E-state index contributed by atoms with van der Waals surface area (Å²) in [4.78, 5) is 41.8. The molecule has 0 aromatic carbocycles. The van der Waals surface area contributed by atoms with Crippen LogP contribution in [0.4, 0.5) is 0 Å². The highest BCUT2D eigenvalue weighted by Crippen LogP contribution is 2.37. The molecule has 7 nitrogen and oxygen atoms in total. The maximum atomic E-state index is 12.3. The van der Waals surface area contributed by atoms with Crippen LogP contribution < -0.4 is 5.32 Å². The number of rotatable bonds is 7. The number of carbonyl (C=O) groups excluding carboxylic acids is 3. The van der Waals surface area contributed by atoms with E-state index in [4.69, 9.17) is 0 Å². The highest BCUT2D eigenvalue weighted by Gasteiger charge is 2.47. The first-order valence-corrected chi connectivity index (χ1v) is 8.74. The van der Waals surface area contributed by atoms with Gasteiger partial charge in [0.05, 0.1) is 18.2 Å². The summed E-state index contributed by atoms with van der Waals surface area (Å²) in [6, 6.07) is 0. The number of amides is 3. The minimum absolute atomic E-state index is 0.0717. The zero-order valence-corrected chi connectivity index (χ0v) is 13.8. The number of carbonyl (C=O) groups is 3. The normalized spacial score (nSPS) is 23.4. The number of nitrogens with zero attached hydrogens (tertiary/aromatic N) is 3. The van der Waals surface area contributed by atoms with Crippen LogP contribution in [0.15, 0.2) is 18.7 Å². The third kappa shape index (κ3) is 3.66. The second kappa shape index (κ2) is 7.59. The fourth-order valence-electron chi connectivity index (χ4n) is 3.66. The topological polar surface area (TPSA) is 84.3 Å². The molecule has 1 saturated heterocycles. The van der Waals surface area contributed by atoms with Crippen molar-refractivity contribution in [3.8, 4) is 0 Å². The molecule has 1 N–H and O–H groups in total. The van der Waals surface area contributed by atoms with E-state index in [9.17, 15) is 14.4 Å². The van der Waals surface area contributed by atoms with Gasteiger partial charge in [-0.3, -0.25) is 19.3 Å². The predicted molar refractivity (Wildman–Crippen MR) is 86.6 cm³/mol. The molecule has 2 unspecified atom stereocenters. The Morgan fingerprint density at radius 3 is 2.50 bits per heavy atom. The van der Waals surface area contributed by atoms with Crippen molar-refractivity contribution in [2.24, 2.45) is 11.8 Å². The van der Waals surface area contributed by atoms with Crippen molar-refractivity contribution in [3.63, 3.8) is 0 Å². The number of nitrogens with one attached hydrogen (secondary N) is 1. The van der Waals surface area contributed by atoms with Gasteiger partial charge in [-0.05, 0) is 19.3 Å². The van der Waals surface area contributed by atoms with Gasteiger partial charge in [-0.15, -0.1) is 0 Å². The molecule has 1 aromatic heterocycles. The van der Waals surface area contributed by atoms with Crippen LogP contribution in [0.5, 0.6) is 0 Å². The summed E-state index contributed by atoms with van der Waals surface area (Å²) in [5.74, 6) is -0.527. The van der Waals surface area contributed by atoms with Crippen molar-refractivity contribution in [1.29, 1.82) is 0 Å². The molecule has 3 amide bonds. The van der Waals surface area contributed by atoms with Crippen LogP contribution in [0.3, 0.4) is 0 Å². The first-order chi connectivity index (χ1) is 11.7. The van der Waals surface area contributed by atoms with Gasteiger partial charge in [0.15, 0.2) is 0 Å². The maximum Gasteiger partial charge on any atom is 0.233 e. The largest absolute Gasteiger partial charge is 0.356 e. The molecule has 2 fully saturated rings. The molecule has 1 aliphatic carbocycles. The molecule has 24 heavy (non-hydrogen) atoms. The van der Waals surface area contributed by atoms with Gasteiger partial charge in [-0.25, -0.2) is 4.98 Å². The van der Waals surface area contributed by atoms with E-state index >= 15 is 0 Å². The molecule has 1 aromatic rings. The van der Waals surface area contributed by atoms with Crippen molar-refractivity contribution in [2.75, 3.05) is 13.1 Å². The lowest BCUT2D eigenvalue weighted by Crippen LogP contribution is -2.35. The van der Waals surface area contributed by atoms with E-state index in [1.54, 1.807) is 12.5 Å². The molecule has 0 spiro atoms. The SMILES string of the molecule is O=C(CCN1C(=O)C2CCCCC2C1=O)NCCCn1ccnc1. The van der Waals surface area contributed by atoms with E-state index in [2.05, 4.69) is 10.3 Å². The van der Waals surface area contributed by atoms with Crippen LogP contribution in [0.1, 0.15) is 38.5 Å². The number of hydrogen-bond acceptors (Lipinski definition) is 4. The Labute approximate surface area is 141 Å². The Balaban J connectivity index is 1.38. The van der Waals surface area contributed by atoms with Gasteiger partial charge in [0.2, 0.25) is 17.7 Å². The average Bonchev–Trinajstić information content (AvgIpc) is 3.19.